The van der Waals surface area contributed by atoms with Crippen LogP contribution in [0.2, 0.25) is 0 Å². The molecule has 2 aliphatic heterocycles. The van der Waals surface area contributed by atoms with Crippen molar-refractivity contribution in [1.82, 2.24) is 20.5 Å². The number of carbonyl (C=O) groups is 3. The highest BCUT2D eigenvalue weighted by atomic mass is 19.1. The summed E-state index contributed by atoms with van der Waals surface area (Å²) in [4.78, 5) is 43.9. The fourth-order valence-corrected chi connectivity index (χ4v) is 4.95. The van der Waals surface area contributed by atoms with Gasteiger partial charge in [0, 0.05) is 29.9 Å². The number of pyridine rings is 1. The molecule has 0 aliphatic carbocycles. The Kier molecular flexibility index (Phi) is 4.63. The van der Waals surface area contributed by atoms with Crippen molar-refractivity contribution in [2.24, 2.45) is 0 Å². The van der Waals surface area contributed by atoms with Gasteiger partial charge in [0.05, 0.1) is 6.54 Å². The Morgan fingerprint density at radius 3 is 2.57 bits per heavy atom. The maximum atomic E-state index is 13.7. The third kappa shape index (κ3) is 3.33. The summed E-state index contributed by atoms with van der Waals surface area (Å²) in [5.41, 5.74) is 1.97. The molecule has 1 unspecified atom stereocenters. The van der Waals surface area contributed by atoms with E-state index in [1.165, 1.54) is 17.0 Å². The number of halogens is 1. The zero-order chi connectivity index (χ0) is 24.2. The van der Waals surface area contributed by atoms with Crippen molar-refractivity contribution in [2.45, 2.75) is 12.1 Å². The van der Waals surface area contributed by atoms with Gasteiger partial charge < -0.3 is 10.2 Å². The van der Waals surface area contributed by atoms with E-state index < -0.39 is 23.3 Å². The molecule has 0 bridgehead atoms. The van der Waals surface area contributed by atoms with Gasteiger partial charge in [0.15, 0.2) is 5.54 Å². The monoisotopic (exact) mass is 466 g/mol. The smallest absolute Gasteiger partial charge is 0.322 e. The zero-order valence-electron chi connectivity index (χ0n) is 18.4. The van der Waals surface area contributed by atoms with Crippen LogP contribution in [0.4, 0.5) is 9.18 Å². The number of urea groups is 1. The van der Waals surface area contributed by atoms with Crippen LogP contribution in [-0.4, -0.2) is 34.3 Å². The van der Waals surface area contributed by atoms with Crippen LogP contribution in [0.25, 0.3) is 21.9 Å². The number of fused-ring (bicyclic) bond motifs is 2. The summed E-state index contributed by atoms with van der Waals surface area (Å²) >= 11 is 0. The number of hydrogen-bond acceptors (Lipinski definition) is 4. The first-order chi connectivity index (χ1) is 16.9. The first-order valence-corrected chi connectivity index (χ1v) is 11.1. The van der Waals surface area contributed by atoms with Crippen LogP contribution < -0.4 is 10.6 Å². The minimum atomic E-state index is -1.46. The molecule has 3 aromatic carbocycles. The van der Waals surface area contributed by atoms with Crippen molar-refractivity contribution in [1.29, 1.82) is 0 Å². The lowest BCUT2D eigenvalue weighted by atomic mass is 9.87. The molecule has 3 heterocycles. The predicted octanol–water partition coefficient (Wildman–Crippen LogP) is 3.73. The Morgan fingerprint density at radius 1 is 0.971 bits per heavy atom. The zero-order valence-corrected chi connectivity index (χ0v) is 18.4. The molecule has 8 heteroatoms. The number of carbonyl (C=O) groups excluding carboxylic acids is 3. The second-order valence-electron chi connectivity index (χ2n) is 8.76. The molecule has 6 rings (SSSR count). The normalized spacial score (nSPS) is 19.1. The van der Waals surface area contributed by atoms with Crippen molar-refractivity contribution in [3.05, 3.63) is 102 Å². The average molecular weight is 466 g/mol. The van der Waals surface area contributed by atoms with E-state index in [0.717, 1.165) is 21.9 Å². The Morgan fingerprint density at radius 2 is 1.80 bits per heavy atom. The molecular weight excluding hydrogens is 447 g/mol. The summed E-state index contributed by atoms with van der Waals surface area (Å²) in [5.74, 6) is -1.42. The quantitative estimate of drug-likeness (QED) is 0.449. The topological polar surface area (TPSA) is 91.4 Å². The fraction of sp³-hybridized carbons (Fsp3) is 0.111. The van der Waals surface area contributed by atoms with Gasteiger partial charge in [0.2, 0.25) is 0 Å². The van der Waals surface area contributed by atoms with Gasteiger partial charge in [-0.25, -0.2) is 9.18 Å². The molecule has 1 fully saturated rings. The van der Waals surface area contributed by atoms with E-state index in [-0.39, 0.29) is 24.6 Å². The molecule has 1 aromatic heterocycles. The summed E-state index contributed by atoms with van der Waals surface area (Å²) in [6.45, 7) is 0.139. The number of nitrogens with zero attached hydrogens (tertiary/aromatic N) is 2. The summed E-state index contributed by atoms with van der Waals surface area (Å²) in [7, 11) is 0. The minimum Gasteiger partial charge on any atom is -0.331 e. The number of amides is 4. The van der Waals surface area contributed by atoms with E-state index in [1.807, 2.05) is 36.4 Å². The number of benzene rings is 3. The number of rotatable bonds is 4. The second kappa shape index (κ2) is 7.73. The molecule has 1 saturated heterocycles. The van der Waals surface area contributed by atoms with Gasteiger partial charge in [0.25, 0.3) is 11.8 Å². The fourth-order valence-electron chi connectivity index (χ4n) is 4.95. The standard InChI is InChI=1S/C27H19FN4O3/c28-20-9-6-18-14-32(24(33)23(18)12-20)15-27(25(34)30-26(35)31-27)19-7-4-16(5-8-19)21-3-1-2-17-13-29-11-10-22(17)21/h1-13H,14-15H2,(H2,30,31,34,35). The van der Waals surface area contributed by atoms with Gasteiger partial charge >= 0.3 is 6.03 Å². The number of nitrogens with one attached hydrogen (secondary N) is 2. The van der Waals surface area contributed by atoms with E-state index in [4.69, 9.17) is 0 Å². The molecule has 0 radical (unpaired) electrons. The van der Waals surface area contributed by atoms with Crippen molar-refractivity contribution in [2.75, 3.05) is 6.54 Å². The van der Waals surface area contributed by atoms with Crippen LogP contribution in [0, 0.1) is 5.82 Å². The van der Waals surface area contributed by atoms with Crippen LogP contribution >= 0.6 is 0 Å². The van der Waals surface area contributed by atoms with Gasteiger partial charge in [-0.15, -0.1) is 0 Å². The highest BCUT2D eigenvalue weighted by molar-refractivity contribution is 6.08. The maximum absolute atomic E-state index is 13.7. The predicted molar refractivity (Wildman–Crippen MR) is 127 cm³/mol. The molecule has 2 N–H and O–H groups in total. The number of hydrogen-bond donors (Lipinski definition) is 2. The van der Waals surface area contributed by atoms with E-state index in [9.17, 15) is 18.8 Å². The lowest BCUT2D eigenvalue weighted by Crippen LogP contribution is -2.52. The number of imide groups is 1. The van der Waals surface area contributed by atoms with E-state index in [1.54, 1.807) is 30.6 Å². The maximum Gasteiger partial charge on any atom is 0.322 e. The molecule has 0 spiro atoms. The Balaban J connectivity index is 1.37. The minimum absolute atomic E-state index is 0.0843. The van der Waals surface area contributed by atoms with Crippen LogP contribution in [0.1, 0.15) is 21.5 Å². The first-order valence-electron chi connectivity index (χ1n) is 11.1. The van der Waals surface area contributed by atoms with Gasteiger partial charge in [-0.1, -0.05) is 48.5 Å². The van der Waals surface area contributed by atoms with Gasteiger partial charge in [-0.2, -0.15) is 0 Å². The molecule has 172 valence electrons. The molecule has 4 amide bonds. The molecule has 4 aromatic rings. The molecule has 2 aliphatic rings. The van der Waals surface area contributed by atoms with Crippen molar-refractivity contribution >= 4 is 28.6 Å². The lowest BCUT2D eigenvalue weighted by molar-refractivity contribution is -0.124. The Labute approximate surface area is 199 Å². The average Bonchev–Trinajstić information content (AvgIpc) is 3.33. The summed E-state index contributed by atoms with van der Waals surface area (Å²) in [6.07, 6.45) is 3.54. The van der Waals surface area contributed by atoms with E-state index >= 15 is 0 Å². The Bertz CT molecular complexity index is 1530. The van der Waals surface area contributed by atoms with Crippen LogP contribution in [-0.2, 0) is 16.9 Å². The largest absolute Gasteiger partial charge is 0.331 e. The van der Waals surface area contributed by atoms with Gasteiger partial charge in [-0.05, 0) is 45.8 Å². The molecule has 0 saturated carbocycles. The third-order valence-electron chi connectivity index (χ3n) is 6.69. The second-order valence-corrected chi connectivity index (χ2v) is 8.76. The van der Waals surface area contributed by atoms with Crippen molar-refractivity contribution < 1.29 is 18.8 Å². The summed E-state index contributed by atoms with van der Waals surface area (Å²) in [5, 5.41) is 7.09. The van der Waals surface area contributed by atoms with Crippen molar-refractivity contribution in [3.8, 4) is 11.1 Å². The van der Waals surface area contributed by atoms with E-state index in [2.05, 4.69) is 15.6 Å². The van der Waals surface area contributed by atoms with Crippen LogP contribution in [0.5, 0.6) is 0 Å². The number of aromatic nitrogens is 1. The SMILES string of the molecule is O=C1NC(=O)C(CN2Cc3ccc(F)cc3C2=O)(c2ccc(-c3cccc4cnccc34)cc2)N1. The van der Waals surface area contributed by atoms with Gasteiger partial charge in [-0.3, -0.25) is 19.9 Å². The van der Waals surface area contributed by atoms with Crippen LogP contribution in [0.15, 0.2) is 79.1 Å². The third-order valence-corrected chi connectivity index (χ3v) is 6.69. The molecular formula is C27H19FN4O3. The summed E-state index contributed by atoms with van der Waals surface area (Å²) in [6, 6.07) is 18.7. The van der Waals surface area contributed by atoms with Crippen molar-refractivity contribution in [3.63, 3.8) is 0 Å². The molecule has 35 heavy (non-hydrogen) atoms. The lowest BCUT2D eigenvalue weighted by Gasteiger charge is -2.31. The van der Waals surface area contributed by atoms with Gasteiger partial charge in [0.1, 0.15) is 5.82 Å². The molecule has 7 nitrogen and oxygen atoms in total. The highest BCUT2D eigenvalue weighted by Gasteiger charge is 2.50. The Hall–Kier alpha value is -4.59. The molecule has 1 atom stereocenters. The van der Waals surface area contributed by atoms with E-state index in [0.29, 0.717) is 11.1 Å². The highest BCUT2D eigenvalue weighted by Crippen LogP contribution is 2.34. The van der Waals surface area contributed by atoms with Crippen LogP contribution in [0.3, 0.4) is 0 Å². The summed E-state index contributed by atoms with van der Waals surface area (Å²) < 4.78 is 13.7. The first kappa shape index (κ1) is 21.0.